The summed E-state index contributed by atoms with van der Waals surface area (Å²) in [6.45, 7) is 3.55. The lowest BCUT2D eigenvalue weighted by molar-refractivity contribution is -0.120. The highest BCUT2D eigenvalue weighted by Crippen LogP contribution is 2.35. The molecule has 0 saturated carbocycles. The van der Waals surface area contributed by atoms with E-state index in [1.807, 2.05) is 0 Å². The average molecular weight is 620 g/mol. The van der Waals surface area contributed by atoms with Gasteiger partial charge in [-0.05, 0) is 93.5 Å². The molecule has 1 fully saturated rings. The Hall–Kier alpha value is -3.31. The van der Waals surface area contributed by atoms with Gasteiger partial charge in [0, 0.05) is 17.1 Å². The molecule has 1 aliphatic rings. The Kier molecular flexibility index (Phi) is 10.9. The highest BCUT2D eigenvalue weighted by atomic mass is 35.5. The molecule has 0 aromatic heterocycles. The fraction of sp³-hybridized carbons (Fsp3) is 0.310. The number of hydrogen-bond acceptors (Lipinski definition) is 6. The van der Waals surface area contributed by atoms with Crippen LogP contribution in [-0.4, -0.2) is 57.9 Å². The summed E-state index contributed by atoms with van der Waals surface area (Å²) in [5, 5.41) is 6.09. The molecule has 0 bridgehead atoms. The lowest BCUT2D eigenvalue weighted by Gasteiger charge is -2.26. The topological polar surface area (TPSA) is 117 Å². The van der Waals surface area contributed by atoms with Crippen LogP contribution in [0.15, 0.2) is 71.6 Å². The molecule has 4 rings (SSSR count). The van der Waals surface area contributed by atoms with Crippen molar-refractivity contribution in [3.05, 3.63) is 82.3 Å². The zero-order valence-corrected chi connectivity index (χ0v) is 24.7. The number of rotatable bonds is 12. The summed E-state index contributed by atoms with van der Waals surface area (Å²) < 4.78 is 34.5. The minimum atomic E-state index is -4.02. The van der Waals surface area contributed by atoms with Crippen LogP contribution in [0.1, 0.15) is 36.0 Å². The molecule has 0 unspecified atom stereocenters. The van der Waals surface area contributed by atoms with Gasteiger partial charge >= 0.3 is 0 Å². The third-order valence-electron chi connectivity index (χ3n) is 6.50. The van der Waals surface area contributed by atoms with Crippen molar-refractivity contribution in [3.8, 4) is 11.5 Å². The number of anilines is 1. The summed E-state index contributed by atoms with van der Waals surface area (Å²) in [6.07, 6.45) is 4.60. The highest BCUT2D eigenvalue weighted by Gasteiger charge is 2.18. The zero-order chi connectivity index (χ0) is 29.2. The van der Waals surface area contributed by atoms with E-state index in [9.17, 15) is 18.0 Å². The number of carbonyl (C=O) groups is 2. The third kappa shape index (κ3) is 9.09. The molecule has 0 aliphatic carbocycles. The fourth-order valence-corrected chi connectivity index (χ4v) is 5.86. The molecule has 3 aromatic rings. The number of para-hydroxylation sites is 2. The standard InChI is InChI=1S/C29H32Cl2N4O5S/c30-22-11-14-26(24(31)19-22)40-27-8-3-2-7-25(27)34-41(38,39)23-12-9-21(10-13-23)29(37)33-20-28(36)32-15-6-18-35-16-4-1-5-17-35/h2-3,7-14,19,34H,1,4-6,15-18,20H2,(H,32,36)(H,33,37). The second-order valence-electron chi connectivity index (χ2n) is 9.59. The molecule has 3 N–H and O–H groups in total. The van der Waals surface area contributed by atoms with Crippen molar-refractivity contribution in [2.45, 2.75) is 30.6 Å². The minimum Gasteiger partial charge on any atom is -0.454 e. The van der Waals surface area contributed by atoms with E-state index in [1.54, 1.807) is 36.4 Å². The number of likely N-dealkylation sites (tertiary alicyclic amines) is 1. The first-order valence-corrected chi connectivity index (χ1v) is 15.6. The number of halogens is 2. The van der Waals surface area contributed by atoms with E-state index in [2.05, 4.69) is 20.3 Å². The van der Waals surface area contributed by atoms with Crippen molar-refractivity contribution in [2.75, 3.05) is 37.4 Å². The Morgan fingerprint density at radius 1 is 0.878 bits per heavy atom. The molecular weight excluding hydrogens is 587 g/mol. The Morgan fingerprint density at radius 2 is 1.61 bits per heavy atom. The van der Waals surface area contributed by atoms with Crippen molar-refractivity contribution < 1.29 is 22.7 Å². The van der Waals surface area contributed by atoms with E-state index in [-0.39, 0.29) is 39.4 Å². The Labute approximate surface area is 250 Å². The number of ether oxygens (including phenoxy) is 1. The number of nitrogens with one attached hydrogen (secondary N) is 3. The van der Waals surface area contributed by atoms with Crippen LogP contribution in [0.3, 0.4) is 0 Å². The normalized spacial score (nSPS) is 13.8. The number of carbonyl (C=O) groups excluding carboxylic acids is 2. The first-order chi connectivity index (χ1) is 19.7. The summed E-state index contributed by atoms with van der Waals surface area (Å²) in [5.74, 6) is -0.213. The number of benzene rings is 3. The molecule has 1 heterocycles. The van der Waals surface area contributed by atoms with Gasteiger partial charge in [0.15, 0.2) is 5.75 Å². The molecule has 9 nitrogen and oxygen atoms in total. The molecule has 0 atom stereocenters. The van der Waals surface area contributed by atoms with Gasteiger partial charge in [0.1, 0.15) is 5.75 Å². The molecule has 0 radical (unpaired) electrons. The quantitative estimate of drug-likeness (QED) is 0.237. The molecule has 0 spiro atoms. The molecule has 2 amide bonds. The monoisotopic (exact) mass is 618 g/mol. The number of hydrogen-bond donors (Lipinski definition) is 3. The Bertz CT molecular complexity index is 1460. The maximum Gasteiger partial charge on any atom is 0.262 e. The van der Waals surface area contributed by atoms with Gasteiger partial charge in [0.25, 0.3) is 15.9 Å². The van der Waals surface area contributed by atoms with Crippen LogP contribution in [0, 0.1) is 0 Å². The van der Waals surface area contributed by atoms with E-state index in [1.165, 1.54) is 49.6 Å². The van der Waals surface area contributed by atoms with Gasteiger partial charge in [0.2, 0.25) is 5.91 Å². The lowest BCUT2D eigenvalue weighted by atomic mass is 10.1. The Morgan fingerprint density at radius 3 is 2.34 bits per heavy atom. The maximum atomic E-state index is 13.1. The van der Waals surface area contributed by atoms with Crippen LogP contribution >= 0.6 is 23.2 Å². The van der Waals surface area contributed by atoms with E-state index in [4.69, 9.17) is 27.9 Å². The van der Waals surface area contributed by atoms with Crippen LogP contribution in [-0.2, 0) is 14.8 Å². The van der Waals surface area contributed by atoms with E-state index in [0.717, 1.165) is 26.1 Å². The fourth-order valence-electron chi connectivity index (χ4n) is 4.34. The van der Waals surface area contributed by atoms with Crippen LogP contribution in [0.4, 0.5) is 5.69 Å². The molecular formula is C29H32Cl2N4O5S. The average Bonchev–Trinajstić information content (AvgIpc) is 2.97. The molecule has 12 heteroatoms. The second kappa shape index (κ2) is 14.5. The summed E-state index contributed by atoms with van der Waals surface area (Å²) >= 11 is 12.1. The second-order valence-corrected chi connectivity index (χ2v) is 12.1. The zero-order valence-electron chi connectivity index (χ0n) is 22.4. The molecule has 1 aliphatic heterocycles. The van der Waals surface area contributed by atoms with Gasteiger partial charge in [0.05, 0.1) is 22.2 Å². The van der Waals surface area contributed by atoms with Gasteiger partial charge in [-0.3, -0.25) is 14.3 Å². The molecule has 41 heavy (non-hydrogen) atoms. The maximum absolute atomic E-state index is 13.1. The summed E-state index contributed by atoms with van der Waals surface area (Å²) in [6, 6.07) is 16.6. The Balaban J connectivity index is 1.28. The number of amides is 2. The van der Waals surface area contributed by atoms with Crippen molar-refractivity contribution in [1.82, 2.24) is 15.5 Å². The summed E-state index contributed by atoms with van der Waals surface area (Å²) in [7, 11) is -4.02. The minimum absolute atomic E-state index is 0.0557. The van der Waals surface area contributed by atoms with Crippen LogP contribution in [0.25, 0.3) is 0 Å². The number of sulfonamides is 1. The van der Waals surface area contributed by atoms with Gasteiger partial charge in [-0.1, -0.05) is 41.8 Å². The van der Waals surface area contributed by atoms with Crippen molar-refractivity contribution >= 4 is 50.7 Å². The van der Waals surface area contributed by atoms with Crippen molar-refractivity contribution in [1.29, 1.82) is 0 Å². The predicted molar refractivity (Wildman–Crippen MR) is 160 cm³/mol. The van der Waals surface area contributed by atoms with Gasteiger partial charge in [-0.2, -0.15) is 0 Å². The molecule has 1 saturated heterocycles. The number of nitrogens with zero attached hydrogens (tertiary/aromatic N) is 1. The largest absolute Gasteiger partial charge is 0.454 e. The van der Waals surface area contributed by atoms with E-state index < -0.39 is 15.9 Å². The van der Waals surface area contributed by atoms with Crippen molar-refractivity contribution in [2.24, 2.45) is 0 Å². The highest BCUT2D eigenvalue weighted by molar-refractivity contribution is 7.92. The first kappa shape index (κ1) is 30.6. The molecule has 3 aromatic carbocycles. The SMILES string of the molecule is O=C(CNC(=O)c1ccc(S(=O)(=O)Nc2ccccc2Oc2ccc(Cl)cc2Cl)cc1)NCCCN1CCCCC1. The third-order valence-corrected chi connectivity index (χ3v) is 8.42. The van der Waals surface area contributed by atoms with Gasteiger partial charge in [-0.25, -0.2) is 8.42 Å². The lowest BCUT2D eigenvalue weighted by Crippen LogP contribution is -2.38. The van der Waals surface area contributed by atoms with Gasteiger partial charge < -0.3 is 20.3 Å². The van der Waals surface area contributed by atoms with E-state index in [0.29, 0.717) is 17.3 Å². The first-order valence-electron chi connectivity index (χ1n) is 13.3. The summed E-state index contributed by atoms with van der Waals surface area (Å²) in [5.41, 5.74) is 0.422. The summed E-state index contributed by atoms with van der Waals surface area (Å²) in [4.78, 5) is 27.0. The van der Waals surface area contributed by atoms with E-state index >= 15 is 0 Å². The predicted octanol–water partition coefficient (Wildman–Crippen LogP) is 5.31. The van der Waals surface area contributed by atoms with Crippen LogP contribution in [0.5, 0.6) is 11.5 Å². The van der Waals surface area contributed by atoms with Crippen LogP contribution in [0.2, 0.25) is 10.0 Å². The molecule has 218 valence electrons. The van der Waals surface area contributed by atoms with Crippen LogP contribution < -0.4 is 20.1 Å². The van der Waals surface area contributed by atoms with Crippen molar-refractivity contribution in [3.63, 3.8) is 0 Å². The van der Waals surface area contributed by atoms with Gasteiger partial charge in [-0.15, -0.1) is 0 Å². The number of piperidine rings is 1. The smallest absolute Gasteiger partial charge is 0.262 e.